The summed E-state index contributed by atoms with van der Waals surface area (Å²) >= 11 is 0. The Morgan fingerprint density at radius 1 is 1.36 bits per heavy atom. The van der Waals surface area contributed by atoms with Gasteiger partial charge in [-0.05, 0) is 57.3 Å². The van der Waals surface area contributed by atoms with Gasteiger partial charge in [-0.3, -0.25) is 0 Å². The van der Waals surface area contributed by atoms with Crippen LogP contribution < -0.4 is 5.32 Å². The van der Waals surface area contributed by atoms with E-state index in [1.54, 1.807) is 0 Å². The van der Waals surface area contributed by atoms with Crippen molar-refractivity contribution < 1.29 is 5.11 Å². The molecule has 2 atom stereocenters. The van der Waals surface area contributed by atoms with E-state index >= 15 is 0 Å². The maximum absolute atomic E-state index is 9.39. The smallest absolute Gasteiger partial charge is 0.0474 e. The Kier molecular flexibility index (Phi) is 3.79. The Labute approximate surface area is 86.5 Å². The second-order valence-corrected chi connectivity index (χ2v) is 4.70. The lowest BCUT2D eigenvalue weighted by Crippen LogP contribution is -2.33. The molecule has 2 unspecified atom stereocenters. The minimum atomic E-state index is 0.364. The first-order valence-corrected chi connectivity index (χ1v) is 5.94. The van der Waals surface area contributed by atoms with Gasteiger partial charge >= 0.3 is 0 Å². The van der Waals surface area contributed by atoms with Crippen LogP contribution in [-0.4, -0.2) is 49.3 Å². The second-order valence-electron chi connectivity index (χ2n) is 4.70. The zero-order valence-electron chi connectivity index (χ0n) is 8.91. The van der Waals surface area contributed by atoms with E-state index in [-0.39, 0.29) is 0 Å². The van der Waals surface area contributed by atoms with Gasteiger partial charge < -0.3 is 15.3 Å². The summed E-state index contributed by atoms with van der Waals surface area (Å²) in [5.74, 6) is 1.21. The summed E-state index contributed by atoms with van der Waals surface area (Å²) in [5.41, 5.74) is 0. The molecule has 2 fully saturated rings. The Morgan fingerprint density at radius 3 is 2.71 bits per heavy atom. The van der Waals surface area contributed by atoms with E-state index in [4.69, 9.17) is 0 Å². The number of nitrogens with zero attached hydrogens (tertiary/aromatic N) is 1. The third kappa shape index (κ3) is 2.47. The van der Waals surface area contributed by atoms with Gasteiger partial charge in [-0.2, -0.15) is 0 Å². The highest BCUT2D eigenvalue weighted by Gasteiger charge is 2.26. The number of nitrogens with one attached hydrogen (secondary N) is 1. The molecule has 3 nitrogen and oxygen atoms in total. The summed E-state index contributed by atoms with van der Waals surface area (Å²) in [6.45, 7) is 6.22. The molecule has 0 aliphatic carbocycles. The molecule has 2 rings (SSSR count). The Balaban J connectivity index is 1.79. The summed E-state index contributed by atoms with van der Waals surface area (Å²) < 4.78 is 0. The van der Waals surface area contributed by atoms with Crippen molar-refractivity contribution in [2.24, 2.45) is 11.8 Å². The number of hydrogen-bond acceptors (Lipinski definition) is 3. The average Bonchev–Trinajstić information content (AvgIpc) is 2.86. The lowest BCUT2D eigenvalue weighted by Gasteiger charge is -2.26. The molecule has 0 spiro atoms. The largest absolute Gasteiger partial charge is 0.396 e. The van der Waals surface area contributed by atoms with Crippen molar-refractivity contribution in [1.82, 2.24) is 10.2 Å². The van der Waals surface area contributed by atoms with Crippen LogP contribution in [0.2, 0.25) is 0 Å². The molecule has 0 aromatic carbocycles. The van der Waals surface area contributed by atoms with Crippen molar-refractivity contribution in [3.63, 3.8) is 0 Å². The molecule has 0 radical (unpaired) electrons. The van der Waals surface area contributed by atoms with Crippen LogP contribution in [0.1, 0.15) is 19.3 Å². The van der Waals surface area contributed by atoms with Crippen molar-refractivity contribution in [3.05, 3.63) is 0 Å². The minimum Gasteiger partial charge on any atom is -0.396 e. The molecule has 82 valence electrons. The Hall–Kier alpha value is -0.120. The maximum atomic E-state index is 9.39. The molecule has 0 aromatic heterocycles. The van der Waals surface area contributed by atoms with Crippen LogP contribution in [0, 0.1) is 11.8 Å². The molecule has 0 bridgehead atoms. The van der Waals surface area contributed by atoms with Crippen LogP contribution in [0.4, 0.5) is 0 Å². The third-order valence-corrected chi connectivity index (χ3v) is 3.69. The van der Waals surface area contributed by atoms with E-state index in [0.29, 0.717) is 18.4 Å². The standard InChI is InChI=1S/C11H22N2O/c14-9-11(10-3-4-12-7-10)8-13-5-1-2-6-13/h10-12,14H,1-9H2. The second kappa shape index (κ2) is 5.10. The molecule has 2 aliphatic heterocycles. The third-order valence-electron chi connectivity index (χ3n) is 3.69. The molecular weight excluding hydrogens is 176 g/mol. The van der Waals surface area contributed by atoms with Gasteiger partial charge in [-0.15, -0.1) is 0 Å². The molecule has 0 amide bonds. The van der Waals surface area contributed by atoms with Crippen molar-refractivity contribution in [2.75, 3.05) is 39.3 Å². The summed E-state index contributed by atoms with van der Waals surface area (Å²) in [6, 6.07) is 0. The molecule has 2 aliphatic rings. The van der Waals surface area contributed by atoms with Gasteiger partial charge in [-0.1, -0.05) is 0 Å². The number of hydrogen-bond donors (Lipinski definition) is 2. The van der Waals surface area contributed by atoms with E-state index in [0.717, 1.165) is 19.6 Å². The van der Waals surface area contributed by atoms with E-state index in [9.17, 15) is 5.11 Å². The van der Waals surface area contributed by atoms with Crippen LogP contribution in [0.3, 0.4) is 0 Å². The lowest BCUT2D eigenvalue weighted by atomic mass is 9.92. The molecule has 14 heavy (non-hydrogen) atoms. The maximum Gasteiger partial charge on any atom is 0.0474 e. The predicted octanol–water partition coefficient (Wildman–Crippen LogP) is 0.300. The topological polar surface area (TPSA) is 35.5 Å². The Bertz CT molecular complexity index is 163. The number of likely N-dealkylation sites (tertiary alicyclic amines) is 1. The van der Waals surface area contributed by atoms with Gasteiger partial charge in [-0.25, -0.2) is 0 Å². The minimum absolute atomic E-state index is 0.364. The van der Waals surface area contributed by atoms with E-state index in [1.807, 2.05) is 0 Å². The van der Waals surface area contributed by atoms with Gasteiger partial charge in [0.25, 0.3) is 0 Å². The highest BCUT2D eigenvalue weighted by atomic mass is 16.3. The molecule has 2 heterocycles. The van der Waals surface area contributed by atoms with Gasteiger partial charge in [0.1, 0.15) is 0 Å². The van der Waals surface area contributed by atoms with Crippen molar-refractivity contribution >= 4 is 0 Å². The van der Waals surface area contributed by atoms with Gasteiger partial charge in [0.05, 0.1) is 0 Å². The van der Waals surface area contributed by atoms with Crippen LogP contribution in [0.15, 0.2) is 0 Å². The highest BCUT2D eigenvalue weighted by molar-refractivity contribution is 4.81. The Morgan fingerprint density at radius 2 is 2.14 bits per heavy atom. The molecule has 3 heteroatoms. The first-order chi connectivity index (χ1) is 6.90. The summed E-state index contributed by atoms with van der Waals surface area (Å²) in [4.78, 5) is 2.51. The number of aliphatic hydroxyl groups is 1. The monoisotopic (exact) mass is 198 g/mol. The van der Waals surface area contributed by atoms with Crippen molar-refractivity contribution in [1.29, 1.82) is 0 Å². The summed E-state index contributed by atoms with van der Waals surface area (Å²) in [6.07, 6.45) is 3.95. The normalized spacial score (nSPS) is 31.1. The lowest BCUT2D eigenvalue weighted by molar-refractivity contribution is 0.139. The zero-order valence-corrected chi connectivity index (χ0v) is 8.91. The van der Waals surface area contributed by atoms with E-state index < -0.39 is 0 Å². The molecule has 0 aromatic rings. The predicted molar refractivity (Wildman–Crippen MR) is 57.2 cm³/mol. The van der Waals surface area contributed by atoms with Gasteiger partial charge in [0.2, 0.25) is 0 Å². The van der Waals surface area contributed by atoms with Gasteiger partial charge in [0, 0.05) is 13.2 Å². The SMILES string of the molecule is OCC(CN1CCCC1)C1CCNC1. The first-order valence-electron chi connectivity index (χ1n) is 5.94. The molecule has 2 N–H and O–H groups in total. The first kappa shape index (κ1) is 10.4. The summed E-state index contributed by atoms with van der Waals surface area (Å²) in [7, 11) is 0. The van der Waals surface area contributed by atoms with Crippen LogP contribution >= 0.6 is 0 Å². The average molecular weight is 198 g/mol. The van der Waals surface area contributed by atoms with Gasteiger partial charge in [0.15, 0.2) is 0 Å². The number of aliphatic hydroxyl groups excluding tert-OH is 1. The molecule has 2 saturated heterocycles. The van der Waals surface area contributed by atoms with Crippen molar-refractivity contribution in [2.45, 2.75) is 19.3 Å². The highest BCUT2D eigenvalue weighted by Crippen LogP contribution is 2.21. The summed E-state index contributed by atoms with van der Waals surface area (Å²) in [5, 5.41) is 12.8. The van der Waals surface area contributed by atoms with E-state index in [2.05, 4.69) is 10.2 Å². The van der Waals surface area contributed by atoms with Crippen LogP contribution in [0.25, 0.3) is 0 Å². The quantitative estimate of drug-likeness (QED) is 0.682. The van der Waals surface area contributed by atoms with E-state index in [1.165, 1.54) is 32.4 Å². The van der Waals surface area contributed by atoms with Crippen LogP contribution in [0.5, 0.6) is 0 Å². The number of rotatable bonds is 4. The fraction of sp³-hybridized carbons (Fsp3) is 1.00. The molecule has 0 saturated carbocycles. The molecular formula is C11H22N2O. The van der Waals surface area contributed by atoms with Crippen molar-refractivity contribution in [3.8, 4) is 0 Å². The fourth-order valence-corrected chi connectivity index (χ4v) is 2.73. The fourth-order valence-electron chi connectivity index (χ4n) is 2.73. The van der Waals surface area contributed by atoms with Crippen LogP contribution in [-0.2, 0) is 0 Å². The zero-order chi connectivity index (χ0) is 9.80.